The van der Waals surface area contributed by atoms with E-state index in [1.165, 1.54) is 0 Å². The Bertz CT molecular complexity index is 187. The van der Waals surface area contributed by atoms with Crippen LogP contribution in [0.3, 0.4) is 0 Å². The van der Waals surface area contributed by atoms with Crippen LogP contribution >= 0.6 is 0 Å². The van der Waals surface area contributed by atoms with Gasteiger partial charge in [-0.15, -0.1) is 0 Å². The molecule has 0 aliphatic heterocycles. The number of hydrogen-bond acceptors (Lipinski definition) is 2. The van der Waals surface area contributed by atoms with E-state index in [0.717, 1.165) is 18.8 Å². The molecule has 1 N–H and O–H groups in total. The zero-order valence-electron chi connectivity index (χ0n) is 8.66. The summed E-state index contributed by atoms with van der Waals surface area (Å²) in [6.07, 6.45) is 3.00. The Morgan fingerprint density at radius 3 is 2.46 bits per heavy atom. The van der Waals surface area contributed by atoms with E-state index in [0.29, 0.717) is 12.5 Å². The molecule has 0 bridgehead atoms. The van der Waals surface area contributed by atoms with Gasteiger partial charge in [0.2, 0.25) is 0 Å². The number of nitrogens with zero attached hydrogens (tertiary/aromatic N) is 1. The van der Waals surface area contributed by atoms with Crippen molar-refractivity contribution in [3.8, 4) is 0 Å². The Labute approximate surface area is 79.7 Å². The van der Waals surface area contributed by atoms with Gasteiger partial charge in [-0.25, -0.2) is 0 Å². The maximum absolute atomic E-state index is 10.9. The van der Waals surface area contributed by atoms with E-state index in [1.807, 2.05) is 18.9 Å². The maximum atomic E-state index is 10.9. The Morgan fingerprint density at radius 2 is 2.15 bits per heavy atom. The van der Waals surface area contributed by atoms with Gasteiger partial charge in [-0.3, -0.25) is 9.69 Å². The zero-order valence-corrected chi connectivity index (χ0v) is 8.66. The van der Waals surface area contributed by atoms with Crippen molar-refractivity contribution in [1.82, 2.24) is 4.90 Å². The van der Waals surface area contributed by atoms with E-state index in [9.17, 15) is 4.79 Å². The van der Waals surface area contributed by atoms with Crippen molar-refractivity contribution in [1.29, 1.82) is 0 Å². The van der Waals surface area contributed by atoms with Gasteiger partial charge in [-0.1, -0.05) is 13.8 Å². The van der Waals surface area contributed by atoms with Crippen LogP contribution in [-0.4, -0.2) is 35.1 Å². The van der Waals surface area contributed by atoms with E-state index in [1.54, 1.807) is 0 Å². The molecule has 1 atom stereocenters. The van der Waals surface area contributed by atoms with Gasteiger partial charge < -0.3 is 5.11 Å². The number of carboxylic acids is 1. The quantitative estimate of drug-likeness (QED) is 0.723. The molecular weight excluding hydrogens is 166 g/mol. The lowest BCUT2D eigenvalue weighted by atomic mass is 9.80. The summed E-state index contributed by atoms with van der Waals surface area (Å²) in [4.78, 5) is 12.9. The minimum Gasteiger partial charge on any atom is -0.480 e. The molecule has 76 valence electrons. The highest BCUT2D eigenvalue weighted by atomic mass is 16.4. The summed E-state index contributed by atoms with van der Waals surface area (Å²) < 4.78 is 0. The SMILES string of the molecule is CCC(C(=O)O)N(C)C1CC(C)C1. The Hall–Kier alpha value is -0.570. The Kier molecular flexibility index (Phi) is 3.31. The third kappa shape index (κ3) is 2.21. The molecule has 0 saturated heterocycles. The van der Waals surface area contributed by atoms with Crippen molar-refractivity contribution in [2.24, 2.45) is 5.92 Å². The van der Waals surface area contributed by atoms with E-state index in [-0.39, 0.29) is 6.04 Å². The summed E-state index contributed by atoms with van der Waals surface area (Å²) in [7, 11) is 1.93. The molecule has 1 aliphatic carbocycles. The lowest BCUT2D eigenvalue weighted by molar-refractivity contribution is -0.144. The molecule has 0 aromatic carbocycles. The molecule has 1 unspecified atom stereocenters. The fraction of sp³-hybridized carbons (Fsp3) is 0.900. The van der Waals surface area contributed by atoms with Crippen molar-refractivity contribution in [3.05, 3.63) is 0 Å². The number of rotatable bonds is 4. The average Bonchev–Trinajstić information content (AvgIpc) is 1.99. The summed E-state index contributed by atoms with van der Waals surface area (Å²) in [5.41, 5.74) is 0. The molecule has 3 heteroatoms. The Morgan fingerprint density at radius 1 is 1.62 bits per heavy atom. The molecule has 0 aromatic heterocycles. The molecule has 0 spiro atoms. The molecule has 3 nitrogen and oxygen atoms in total. The number of aliphatic carboxylic acids is 1. The van der Waals surface area contributed by atoms with Gasteiger partial charge in [-0.2, -0.15) is 0 Å². The molecule has 0 aromatic rings. The number of likely N-dealkylation sites (N-methyl/N-ethyl adjacent to an activating group) is 1. The zero-order chi connectivity index (χ0) is 10.0. The molecule has 1 saturated carbocycles. The van der Waals surface area contributed by atoms with Crippen molar-refractivity contribution < 1.29 is 9.90 Å². The highest BCUT2D eigenvalue weighted by molar-refractivity contribution is 5.73. The Balaban J connectivity index is 2.45. The summed E-state index contributed by atoms with van der Waals surface area (Å²) in [5.74, 6) is 0.0864. The van der Waals surface area contributed by atoms with Gasteiger partial charge >= 0.3 is 5.97 Å². The number of hydrogen-bond donors (Lipinski definition) is 1. The van der Waals surface area contributed by atoms with Gasteiger partial charge in [0.1, 0.15) is 6.04 Å². The van der Waals surface area contributed by atoms with Gasteiger partial charge in [0, 0.05) is 6.04 Å². The normalized spacial score (nSPS) is 29.8. The highest BCUT2D eigenvalue weighted by Gasteiger charge is 2.34. The van der Waals surface area contributed by atoms with Crippen LogP contribution in [0, 0.1) is 5.92 Å². The molecule has 1 fully saturated rings. The fourth-order valence-corrected chi connectivity index (χ4v) is 2.08. The third-order valence-electron chi connectivity index (χ3n) is 3.09. The first kappa shape index (κ1) is 10.5. The average molecular weight is 185 g/mol. The number of carboxylic acid groups (broad SMARTS) is 1. The monoisotopic (exact) mass is 185 g/mol. The lowest BCUT2D eigenvalue weighted by Gasteiger charge is -2.42. The van der Waals surface area contributed by atoms with Crippen LogP contribution in [0.4, 0.5) is 0 Å². The van der Waals surface area contributed by atoms with E-state index >= 15 is 0 Å². The maximum Gasteiger partial charge on any atom is 0.320 e. The predicted molar refractivity (Wildman–Crippen MR) is 51.7 cm³/mol. The summed E-state index contributed by atoms with van der Waals surface area (Å²) in [6.45, 7) is 4.14. The minimum atomic E-state index is -0.690. The largest absolute Gasteiger partial charge is 0.480 e. The molecule has 0 amide bonds. The minimum absolute atomic E-state index is 0.294. The molecular formula is C10H19NO2. The van der Waals surface area contributed by atoms with Crippen LogP contribution < -0.4 is 0 Å². The summed E-state index contributed by atoms with van der Waals surface area (Å²) in [5, 5.41) is 8.94. The summed E-state index contributed by atoms with van der Waals surface area (Å²) >= 11 is 0. The van der Waals surface area contributed by atoms with Crippen molar-refractivity contribution in [2.75, 3.05) is 7.05 Å². The van der Waals surface area contributed by atoms with Crippen LogP contribution in [0.25, 0.3) is 0 Å². The third-order valence-corrected chi connectivity index (χ3v) is 3.09. The van der Waals surface area contributed by atoms with Gasteiger partial charge in [-0.05, 0) is 32.2 Å². The first-order chi connectivity index (χ1) is 6.06. The smallest absolute Gasteiger partial charge is 0.320 e. The predicted octanol–water partition coefficient (Wildman–Crippen LogP) is 1.58. The van der Waals surface area contributed by atoms with Gasteiger partial charge in [0.05, 0.1) is 0 Å². The standard InChI is InChI=1S/C10H19NO2/c1-4-9(10(12)13)11(3)8-5-7(2)6-8/h7-9H,4-6H2,1-3H3,(H,12,13). The van der Waals surface area contributed by atoms with Gasteiger partial charge in [0.25, 0.3) is 0 Å². The van der Waals surface area contributed by atoms with Crippen molar-refractivity contribution in [2.45, 2.75) is 45.2 Å². The molecule has 13 heavy (non-hydrogen) atoms. The second-order valence-corrected chi connectivity index (χ2v) is 4.16. The fourth-order valence-electron chi connectivity index (χ4n) is 2.08. The highest BCUT2D eigenvalue weighted by Crippen LogP contribution is 2.31. The number of carbonyl (C=O) groups is 1. The second-order valence-electron chi connectivity index (χ2n) is 4.16. The molecule has 0 radical (unpaired) electrons. The van der Waals surface area contributed by atoms with Crippen LogP contribution in [0.1, 0.15) is 33.1 Å². The summed E-state index contributed by atoms with van der Waals surface area (Å²) in [6, 6.07) is 0.202. The first-order valence-electron chi connectivity index (χ1n) is 5.01. The van der Waals surface area contributed by atoms with Crippen molar-refractivity contribution >= 4 is 5.97 Å². The van der Waals surface area contributed by atoms with Crippen LogP contribution in [0.5, 0.6) is 0 Å². The molecule has 1 rings (SSSR count). The molecule has 1 aliphatic rings. The van der Waals surface area contributed by atoms with E-state index in [2.05, 4.69) is 6.92 Å². The van der Waals surface area contributed by atoms with Crippen molar-refractivity contribution in [3.63, 3.8) is 0 Å². The first-order valence-corrected chi connectivity index (χ1v) is 5.01. The van der Waals surface area contributed by atoms with E-state index in [4.69, 9.17) is 5.11 Å². The lowest BCUT2D eigenvalue weighted by Crippen LogP contribution is -2.49. The topological polar surface area (TPSA) is 40.5 Å². The van der Waals surface area contributed by atoms with E-state index < -0.39 is 5.97 Å². The van der Waals surface area contributed by atoms with Crippen LogP contribution in [0.15, 0.2) is 0 Å². The van der Waals surface area contributed by atoms with Crippen LogP contribution in [0.2, 0.25) is 0 Å². The molecule has 0 heterocycles. The second kappa shape index (κ2) is 4.09. The van der Waals surface area contributed by atoms with Crippen LogP contribution in [-0.2, 0) is 4.79 Å². The van der Waals surface area contributed by atoms with Gasteiger partial charge in [0.15, 0.2) is 0 Å².